The number of nitrogens with zero attached hydrogens (tertiary/aromatic N) is 3. The van der Waals surface area contributed by atoms with Crippen molar-refractivity contribution in [1.82, 2.24) is 15.0 Å². The zero-order chi connectivity index (χ0) is 22.2. The van der Waals surface area contributed by atoms with Gasteiger partial charge < -0.3 is 24.7 Å². The van der Waals surface area contributed by atoms with Crippen LogP contribution in [-0.4, -0.2) is 57.7 Å². The first-order valence-electron chi connectivity index (χ1n) is 9.70. The number of ether oxygens (including phenoxy) is 3. The Balaban J connectivity index is 1.86. The van der Waals surface area contributed by atoms with Crippen LogP contribution in [0.5, 0.6) is 11.6 Å². The fourth-order valence-electron chi connectivity index (χ4n) is 3.49. The van der Waals surface area contributed by atoms with Gasteiger partial charge in [-0.2, -0.15) is 0 Å². The molecule has 31 heavy (non-hydrogen) atoms. The molecule has 1 unspecified atom stereocenters. The van der Waals surface area contributed by atoms with Crippen LogP contribution in [0.15, 0.2) is 24.4 Å². The first-order chi connectivity index (χ1) is 14.7. The van der Waals surface area contributed by atoms with Gasteiger partial charge in [0.15, 0.2) is 0 Å². The van der Waals surface area contributed by atoms with E-state index in [0.29, 0.717) is 36.0 Å². The third-order valence-electron chi connectivity index (χ3n) is 4.86. The fraction of sp³-hybridized carbons (Fsp3) is 0.333. The van der Waals surface area contributed by atoms with Crippen LogP contribution in [0.25, 0.3) is 22.0 Å². The molecule has 0 amide bonds. The largest absolute Gasteiger partial charge is 0.486 e. The number of nitrogens with one attached hydrogen (secondary N) is 1. The van der Waals surface area contributed by atoms with Gasteiger partial charge in [0, 0.05) is 39.5 Å². The van der Waals surface area contributed by atoms with E-state index in [1.165, 1.54) is 13.4 Å². The number of hydrogen-bond donors (Lipinski definition) is 2. The number of nitrogen functional groups attached to an aromatic ring is 1. The summed E-state index contributed by atoms with van der Waals surface area (Å²) in [7, 11) is -1.02. The fourth-order valence-corrected chi connectivity index (χ4v) is 4.10. The number of anilines is 2. The van der Waals surface area contributed by atoms with Crippen LogP contribution in [-0.2, 0) is 14.4 Å². The average molecular weight is 444 g/mol. The molecule has 0 saturated carbocycles. The maximum Gasteiger partial charge on any atom is 0.238 e. The Hall–Kier alpha value is -3.11. The topological polar surface area (TPSA) is 121 Å². The molecule has 9 nitrogen and oxygen atoms in total. The molecule has 0 bridgehead atoms. The Bertz CT molecular complexity index is 1240. The Morgan fingerprint density at radius 1 is 1.29 bits per heavy atom. The molecule has 1 aromatic carbocycles. The van der Waals surface area contributed by atoms with Crippen LogP contribution >= 0.6 is 0 Å². The summed E-state index contributed by atoms with van der Waals surface area (Å²) >= 11 is 0. The summed E-state index contributed by atoms with van der Waals surface area (Å²) in [6.45, 7) is 3.07. The van der Waals surface area contributed by atoms with Gasteiger partial charge in [0.25, 0.3) is 0 Å². The molecule has 4 rings (SSSR count). The smallest absolute Gasteiger partial charge is 0.238 e. The number of rotatable bonds is 6. The van der Waals surface area contributed by atoms with E-state index in [0.717, 1.165) is 28.6 Å². The molecule has 164 valence electrons. The van der Waals surface area contributed by atoms with E-state index >= 15 is 0 Å². The predicted molar refractivity (Wildman–Crippen MR) is 123 cm³/mol. The summed E-state index contributed by atoms with van der Waals surface area (Å²) in [6.07, 6.45) is 3.94. The lowest BCUT2D eigenvalue weighted by Crippen LogP contribution is -2.16. The first kappa shape index (κ1) is 21.1. The Morgan fingerprint density at radius 3 is 2.77 bits per heavy atom. The lowest BCUT2D eigenvalue weighted by atomic mass is 10.0. The Kier molecular flexibility index (Phi) is 5.59. The quantitative estimate of drug-likeness (QED) is 0.557. The van der Waals surface area contributed by atoms with E-state index in [1.54, 1.807) is 6.20 Å². The molecule has 2 atom stereocenters. The maximum atomic E-state index is 12.2. The van der Waals surface area contributed by atoms with Crippen LogP contribution in [0.1, 0.15) is 12.1 Å². The number of methoxy groups -OCH3 is 1. The molecule has 0 aliphatic carbocycles. The summed E-state index contributed by atoms with van der Waals surface area (Å²) in [6, 6.07) is 5.67. The summed E-state index contributed by atoms with van der Waals surface area (Å²) in [5.74, 6) is 4.77. The summed E-state index contributed by atoms with van der Waals surface area (Å²) in [5.41, 5.74) is 9.38. The van der Waals surface area contributed by atoms with Gasteiger partial charge in [-0.15, -0.1) is 0 Å². The molecule has 10 heteroatoms. The Morgan fingerprint density at radius 2 is 2.10 bits per heavy atom. The lowest BCUT2D eigenvalue weighted by Gasteiger charge is -2.17. The van der Waals surface area contributed by atoms with Crippen LogP contribution in [0.2, 0.25) is 0 Å². The van der Waals surface area contributed by atoms with Gasteiger partial charge in [-0.1, -0.05) is 0 Å². The molecule has 2 aromatic heterocycles. The molecule has 1 fully saturated rings. The number of hydrogen-bond acceptors (Lipinski definition) is 8. The highest BCUT2D eigenvalue weighted by molar-refractivity contribution is 8.00. The van der Waals surface area contributed by atoms with Gasteiger partial charge in [-0.05, 0) is 36.6 Å². The molecule has 0 radical (unpaired) electrons. The molecular formula is C21H25N5O4S. The normalized spacial score (nSPS) is 18.0. The number of aryl methyl sites for hydroxylation is 1. The van der Waals surface area contributed by atoms with Gasteiger partial charge in [0.05, 0.1) is 26.0 Å². The van der Waals surface area contributed by atoms with E-state index in [1.807, 2.05) is 25.1 Å². The van der Waals surface area contributed by atoms with Crippen LogP contribution in [0.4, 0.5) is 11.6 Å². The second-order valence-electron chi connectivity index (χ2n) is 7.53. The maximum absolute atomic E-state index is 12.2. The third kappa shape index (κ3) is 4.64. The standard InChI is InChI=1S/C21H25N5O4S/c1-12-16-7-13(14-8-17(26-31(3,4)27)20(28-2)23-10-14)9-18(19(16)25-21(22)24-12)30-15-5-6-29-11-15/h7-10,15H,3,5-6,11H2,1-2,4H3,(H,26,27)(H2,22,24,25)/t15-,31?/m1/s1. The molecule has 1 aliphatic rings. The first-order valence-corrected chi connectivity index (χ1v) is 11.8. The number of pyridine rings is 1. The van der Waals surface area contributed by atoms with Gasteiger partial charge in [-0.3, -0.25) is 0 Å². The monoisotopic (exact) mass is 443 g/mol. The van der Waals surface area contributed by atoms with E-state index < -0.39 is 9.71 Å². The predicted octanol–water partition coefficient (Wildman–Crippen LogP) is 2.43. The summed E-state index contributed by atoms with van der Waals surface area (Å²) < 4.78 is 32.1. The Labute approximate surface area is 181 Å². The second-order valence-corrected chi connectivity index (χ2v) is 9.74. The van der Waals surface area contributed by atoms with Crippen molar-refractivity contribution in [3.63, 3.8) is 0 Å². The van der Waals surface area contributed by atoms with E-state index in [4.69, 9.17) is 19.9 Å². The van der Waals surface area contributed by atoms with Crippen LogP contribution in [0.3, 0.4) is 0 Å². The van der Waals surface area contributed by atoms with Crippen molar-refractivity contribution in [3.8, 4) is 22.8 Å². The minimum Gasteiger partial charge on any atom is -0.486 e. The van der Waals surface area contributed by atoms with E-state index in [2.05, 4.69) is 25.5 Å². The highest BCUT2D eigenvalue weighted by atomic mass is 32.2. The van der Waals surface area contributed by atoms with Crippen LogP contribution < -0.4 is 19.9 Å². The number of benzene rings is 1. The lowest BCUT2D eigenvalue weighted by molar-refractivity contribution is 0.142. The van der Waals surface area contributed by atoms with Crippen molar-refractivity contribution < 1.29 is 18.4 Å². The van der Waals surface area contributed by atoms with Gasteiger partial charge in [0.1, 0.15) is 23.1 Å². The van der Waals surface area contributed by atoms with Crippen LogP contribution in [0, 0.1) is 6.92 Å². The van der Waals surface area contributed by atoms with Gasteiger partial charge in [0.2, 0.25) is 11.8 Å². The second kappa shape index (κ2) is 8.20. The van der Waals surface area contributed by atoms with Crippen molar-refractivity contribution in [2.45, 2.75) is 19.4 Å². The minimum absolute atomic E-state index is 0.0582. The van der Waals surface area contributed by atoms with Crippen molar-refractivity contribution in [1.29, 1.82) is 0 Å². The molecule has 3 aromatic rings. The SMILES string of the molecule is C=S(C)(=O)Nc1cc(-c2cc(O[C@@H]3CCOC3)c3nc(N)nc(C)c3c2)cnc1OC. The highest BCUT2D eigenvalue weighted by Crippen LogP contribution is 2.36. The van der Waals surface area contributed by atoms with Gasteiger partial charge in [-0.25, -0.2) is 19.2 Å². The molecule has 3 N–H and O–H groups in total. The zero-order valence-electron chi connectivity index (χ0n) is 17.7. The highest BCUT2D eigenvalue weighted by Gasteiger charge is 2.21. The summed E-state index contributed by atoms with van der Waals surface area (Å²) in [4.78, 5) is 13.1. The molecule has 1 saturated heterocycles. The average Bonchev–Trinajstić information content (AvgIpc) is 3.20. The van der Waals surface area contributed by atoms with Crippen molar-refractivity contribution in [2.24, 2.45) is 0 Å². The molecular weight excluding hydrogens is 418 g/mol. The number of nitrogens with two attached hydrogens (primary N) is 1. The van der Waals surface area contributed by atoms with Crippen molar-refractivity contribution in [2.75, 3.05) is 37.0 Å². The van der Waals surface area contributed by atoms with Crippen molar-refractivity contribution >= 4 is 38.1 Å². The van der Waals surface area contributed by atoms with Crippen molar-refractivity contribution in [3.05, 3.63) is 30.1 Å². The van der Waals surface area contributed by atoms with Gasteiger partial charge >= 0.3 is 0 Å². The third-order valence-corrected chi connectivity index (χ3v) is 5.51. The van der Waals surface area contributed by atoms with E-state index in [9.17, 15) is 4.21 Å². The zero-order valence-corrected chi connectivity index (χ0v) is 18.5. The number of fused-ring (bicyclic) bond motifs is 1. The van der Waals surface area contributed by atoms with E-state index in [-0.39, 0.29) is 12.1 Å². The molecule has 0 spiro atoms. The molecule has 3 heterocycles. The summed E-state index contributed by atoms with van der Waals surface area (Å²) in [5, 5.41) is 0.822. The number of aromatic nitrogens is 3. The minimum atomic E-state index is -2.52. The molecule has 1 aliphatic heterocycles.